The lowest BCUT2D eigenvalue weighted by atomic mass is 9.95. The molecule has 1 saturated carbocycles. The van der Waals surface area contributed by atoms with Gasteiger partial charge in [-0.15, -0.1) is 0 Å². The van der Waals surface area contributed by atoms with Crippen LogP contribution in [0.5, 0.6) is 0 Å². The summed E-state index contributed by atoms with van der Waals surface area (Å²) in [6.07, 6.45) is 7.50. The summed E-state index contributed by atoms with van der Waals surface area (Å²) in [5, 5.41) is 7.38. The van der Waals surface area contributed by atoms with E-state index in [0.717, 1.165) is 16.9 Å². The molecule has 0 saturated heterocycles. The van der Waals surface area contributed by atoms with Crippen molar-refractivity contribution in [2.24, 2.45) is 0 Å². The van der Waals surface area contributed by atoms with Crippen LogP contribution in [0.15, 0.2) is 18.2 Å². The van der Waals surface area contributed by atoms with Crippen LogP contribution in [0.3, 0.4) is 0 Å². The molecule has 1 aliphatic rings. The van der Waals surface area contributed by atoms with Crippen LogP contribution in [0.4, 0.5) is 11.6 Å². The Bertz CT molecular complexity index is 356. The van der Waals surface area contributed by atoms with Crippen LogP contribution < -0.4 is 10.6 Å². The van der Waals surface area contributed by atoms with Crippen LogP contribution in [-0.2, 0) is 0 Å². The number of rotatable bonds is 4. The SMILES string of the molecule is CNc1cccc(NC2CCCCC2SC)n1. The minimum Gasteiger partial charge on any atom is -0.373 e. The zero-order valence-corrected chi connectivity index (χ0v) is 11.4. The van der Waals surface area contributed by atoms with Gasteiger partial charge in [0.15, 0.2) is 0 Å². The van der Waals surface area contributed by atoms with Crippen molar-refractivity contribution in [2.75, 3.05) is 23.9 Å². The predicted octanol–water partition coefficient (Wildman–Crippen LogP) is 3.21. The summed E-state index contributed by atoms with van der Waals surface area (Å²) in [6, 6.07) is 6.64. The second-order valence-electron chi connectivity index (χ2n) is 4.47. The molecule has 3 nitrogen and oxygen atoms in total. The molecular formula is C13H21N3S. The van der Waals surface area contributed by atoms with E-state index in [1.54, 1.807) is 0 Å². The highest BCUT2D eigenvalue weighted by molar-refractivity contribution is 7.99. The Morgan fingerprint density at radius 2 is 2.00 bits per heavy atom. The van der Waals surface area contributed by atoms with E-state index in [0.29, 0.717) is 6.04 Å². The van der Waals surface area contributed by atoms with Crippen molar-refractivity contribution in [3.63, 3.8) is 0 Å². The quantitative estimate of drug-likeness (QED) is 0.861. The molecule has 0 spiro atoms. The van der Waals surface area contributed by atoms with Gasteiger partial charge in [-0.3, -0.25) is 0 Å². The Kier molecular flexibility index (Phi) is 4.54. The molecule has 2 unspecified atom stereocenters. The molecule has 1 aromatic heterocycles. The Balaban J connectivity index is 2.02. The first kappa shape index (κ1) is 12.6. The molecule has 1 heterocycles. The molecule has 0 radical (unpaired) electrons. The van der Waals surface area contributed by atoms with Crippen LogP contribution >= 0.6 is 11.8 Å². The molecule has 94 valence electrons. The number of pyridine rings is 1. The summed E-state index contributed by atoms with van der Waals surface area (Å²) in [7, 11) is 1.90. The summed E-state index contributed by atoms with van der Waals surface area (Å²) in [6.45, 7) is 0. The number of nitrogens with one attached hydrogen (secondary N) is 2. The second kappa shape index (κ2) is 6.15. The van der Waals surface area contributed by atoms with Gasteiger partial charge in [0, 0.05) is 18.3 Å². The molecule has 1 aromatic rings. The normalized spacial score (nSPS) is 24.4. The molecule has 2 N–H and O–H groups in total. The highest BCUT2D eigenvalue weighted by Crippen LogP contribution is 2.29. The van der Waals surface area contributed by atoms with Gasteiger partial charge >= 0.3 is 0 Å². The Morgan fingerprint density at radius 1 is 1.24 bits per heavy atom. The lowest BCUT2D eigenvalue weighted by Crippen LogP contribution is -2.34. The third kappa shape index (κ3) is 3.28. The van der Waals surface area contributed by atoms with Crippen molar-refractivity contribution in [1.29, 1.82) is 0 Å². The number of thioether (sulfide) groups is 1. The minimum absolute atomic E-state index is 0.568. The summed E-state index contributed by atoms with van der Waals surface area (Å²) < 4.78 is 0. The summed E-state index contributed by atoms with van der Waals surface area (Å²) in [5.41, 5.74) is 0. The molecule has 17 heavy (non-hydrogen) atoms. The van der Waals surface area contributed by atoms with E-state index in [4.69, 9.17) is 0 Å². The van der Waals surface area contributed by atoms with E-state index in [9.17, 15) is 0 Å². The van der Waals surface area contributed by atoms with Gasteiger partial charge < -0.3 is 10.6 Å². The predicted molar refractivity (Wildman–Crippen MR) is 77.0 cm³/mol. The fraction of sp³-hybridized carbons (Fsp3) is 0.615. The fourth-order valence-corrected chi connectivity index (χ4v) is 3.32. The van der Waals surface area contributed by atoms with Gasteiger partial charge in [0.05, 0.1) is 0 Å². The molecule has 2 atom stereocenters. The summed E-state index contributed by atoms with van der Waals surface area (Å²) >= 11 is 1.98. The second-order valence-corrected chi connectivity index (χ2v) is 5.54. The van der Waals surface area contributed by atoms with Crippen molar-refractivity contribution in [1.82, 2.24) is 4.98 Å². The lowest BCUT2D eigenvalue weighted by Gasteiger charge is -2.31. The van der Waals surface area contributed by atoms with E-state index in [1.807, 2.05) is 37.0 Å². The first-order chi connectivity index (χ1) is 8.33. The summed E-state index contributed by atoms with van der Waals surface area (Å²) in [4.78, 5) is 4.52. The molecule has 0 bridgehead atoms. The highest BCUT2D eigenvalue weighted by Gasteiger charge is 2.24. The van der Waals surface area contributed by atoms with Crippen molar-refractivity contribution < 1.29 is 0 Å². The van der Waals surface area contributed by atoms with Crippen molar-refractivity contribution in [2.45, 2.75) is 37.0 Å². The molecular weight excluding hydrogens is 230 g/mol. The first-order valence-electron chi connectivity index (χ1n) is 6.27. The van der Waals surface area contributed by atoms with Crippen molar-refractivity contribution in [3.05, 3.63) is 18.2 Å². The third-order valence-corrected chi connectivity index (χ3v) is 4.51. The average Bonchev–Trinajstić information content (AvgIpc) is 2.39. The van der Waals surface area contributed by atoms with Gasteiger partial charge in [-0.2, -0.15) is 11.8 Å². The first-order valence-corrected chi connectivity index (χ1v) is 7.56. The molecule has 1 fully saturated rings. The molecule has 2 rings (SSSR count). The Hall–Kier alpha value is -0.900. The monoisotopic (exact) mass is 251 g/mol. The minimum atomic E-state index is 0.568. The van der Waals surface area contributed by atoms with Crippen molar-refractivity contribution in [3.8, 4) is 0 Å². The zero-order valence-electron chi connectivity index (χ0n) is 10.6. The van der Waals surface area contributed by atoms with Gasteiger partial charge in [-0.1, -0.05) is 18.9 Å². The maximum absolute atomic E-state index is 4.52. The van der Waals surface area contributed by atoms with Gasteiger partial charge in [0.25, 0.3) is 0 Å². The van der Waals surface area contributed by atoms with Crippen LogP contribution in [-0.4, -0.2) is 29.6 Å². The van der Waals surface area contributed by atoms with Gasteiger partial charge in [-0.05, 0) is 31.2 Å². The number of nitrogens with zero attached hydrogens (tertiary/aromatic N) is 1. The number of hydrogen-bond donors (Lipinski definition) is 2. The van der Waals surface area contributed by atoms with E-state index < -0.39 is 0 Å². The zero-order chi connectivity index (χ0) is 12.1. The van der Waals surface area contributed by atoms with E-state index in [-0.39, 0.29) is 0 Å². The molecule has 0 amide bonds. The van der Waals surface area contributed by atoms with E-state index in [2.05, 4.69) is 21.9 Å². The maximum atomic E-state index is 4.52. The molecule has 0 aromatic carbocycles. The third-order valence-electron chi connectivity index (χ3n) is 3.34. The van der Waals surface area contributed by atoms with Crippen LogP contribution in [0.25, 0.3) is 0 Å². The number of aromatic nitrogens is 1. The highest BCUT2D eigenvalue weighted by atomic mass is 32.2. The van der Waals surface area contributed by atoms with Crippen LogP contribution in [0, 0.1) is 0 Å². The smallest absolute Gasteiger partial charge is 0.128 e. The van der Waals surface area contributed by atoms with E-state index in [1.165, 1.54) is 25.7 Å². The molecule has 0 aliphatic heterocycles. The van der Waals surface area contributed by atoms with Gasteiger partial charge in [-0.25, -0.2) is 4.98 Å². The van der Waals surface area contributed by atoms with Crippen molar-refractivity contribution >= 4 is 23.4 Å². The Morgan fingerprint density at radius 3 is 2.76 bits per heavy atom. The number of anilines is 2. The van der Waals surface area contributed by atoms with Gasteiger partial charge in [0.1, 0.15) is 11.6 Å². The van der Waals surface area contributed by atoms with E-state index >= 15 is 0 Å². The Labute approximate surface area is 108 Å². The lowest BCUT2D eigenvalue weighted by molar-refractivity contribution is 0.474. The fourth-order valence-electron chi connectivity index (χ4n) is 2.39. The maximum Gasteiger partial charge on any atom is 0.128 e. The standard InChI is InChI=1S/C13H21N3S/c1-14-12-8-5-9-13(16-12)15-10-6-3-4-7-11(10)17-2/h5,8-11H,3-4,6-7H2,1-2H3,(H2,14,15,16). The summed E-state index contributed by atoms with van der Waals surface area (Å²) in [5.74, 6) is 1.91. The number of hydrogen-bond acceptors (Lipinski definition) is 4. The average molecular weight is 251 g/mol. The largest absolute Gasteiger partial charge is 0.373 e. The molecule has 4 heteroatoms. The molecule has 1 aliphatic carbocycles. The van der Waals surface area contributed by atoms with Crippen LogP contribution in [0.2, 0.25) is 0 Å². The van der Waals surface area contributed by atoms with Crippen LogP contribution in [0.1, 0.15) is 25.7 Å². The van der Waals surface area contributed by atoms with Gasteiger partial charge in [0.2, 0.25) is 0 Å². The topological polar surface area (TPSA) is 37.0 Å².